The van der Waals surface area contributed by atoms with E-state index in [-0.39, 0.29) is 42.1 Å². The fourth-order valence-electron chi connectivity index (χ4n) is 4.03. The van der Waals surface area contributed by atoms with Crippen LogP contribution < -0.4 is 4.74 Å². The molecule has 1 aromatic rings. The third kappa shape index (κ3) is 3.15. The second kappa shape index (κ2) is 7.06. The highest BCUT2D eigenvalue weighted by Crippen LogP contribution is 2.52. The summed E-state index contributed by atoms with van der Waals surface area (Å²) in [5, 5.41) is 5.18. The number of carbonyl (C=O) groups excluding carboxylic acids is 3. The predicted octanol–water partition coefficient (Wildman–Crippen LogP) is 1.98. The maximum absolute atomic E-state index is 12.6. The predicted molar refractivity (Wildman–Crippen MR) is 104 cm³/mol. The Morgan fingerprint density at radius 1 is 1.26 bits per heavy atom. The standard InChI is InChI=1S/C19H17IN2O5/c1-26-15(23)9-27-14-5-2-10(6-13(14)20)8-21-22-18(24)16-11-3-4-12(7-11)17(16)19(22)25/h2-6,8,11-12,16-17H,7,9H2,1H3. The van der Waals surface area contributed by atoms with E-state index in [9.17, 15) is 14.4 Å². The van der Waals surface area contributed by atoms with Crippen LogP contribution in [0.25, 0.3) is 0 Å². The van der Waals surface area contributed by atoms with E-state index in [1.165, 1.54) is 13.3 Å². The van der Waals surface area contributed by atoms with Crippen molar-refractivity contribution in [3.8, 4) is 5.75 Å². The lowest BCUT2D eigenvalue weighted by molar-refractivity contribution is -0.143. The first kappa shape index (κ1) is 18.1. The van der Waals surface area contributed by atoms with Gasteiger partial charge in [-0.3, -0.25) is 9.59 Å². The fourth-order valence-corrected chi connectivity index (χ4v) is 4.73. The number of methoxy groups -OCH3 is 1. The van der Waals surface area contributed by atoms with Gasteiger partial charge in [-0.15, -0.1) is 0 Å². The Morgan fingerprint density at radius 2 is 1.93 bits per heavy atom. The highest BCUT2D eigenvalue weighted by Gasteiger charge is 2.59. The number of esters is 1. The average molecular weight is 480 g/mol. The number of allylic oxidation sites excluding steroid dienone is 2. The molecule has 27 heavy (non-hydrogen) atoms. The van der Waals surface area contributed by atoms with Crippen LogP contribution in [-0.2, 0) is 19.1 Å². The Kier molecular flexibility index (Phi) is 4.75. The van der Waals surface area contributed by atoms with E-state index < -0.39 is 5.97 Å². The number of hydrazone groups is 1. The molecule has 2 fully saturated rings. The van der Waals surface area contributed by atoms with Gasteiger partial charge >= 0.3 is 5.97 Å². The third-order valence-corrected chi connectivity index (χ3v) is 6.14. The molecule has 2 aliphatic carbocycles. The van der Waals surface area contributed by atoms with Crippen molar-refractivity contribution >= 4 is 46.6 Å². The zero-order valence-corrected chi connectivity index (χ0v) is 16.7. The van der Waals surface area contributed by atoms with E-state index in [0.717, 1.165) is 20.6 Å². The molecule has 7 nitrogen and oxygen atoms in total. The molecule has 0 spiro atoms. The van der Waals surface area contributed by atoms with Gasteiger partial charge in [-0.25, -0.2) is 4.79 Å². The topological polar surface area (TPSA) is 85.3 Å². The maximum Gasteiger partial charge on any atom is 0.343 e. The second-order valence-corrected chi connectivity index (χ2v) is 7.95. The Bertz CT molecular complexity index is 851. The van der Waals surface area contributed by atoms with Gasteiger partial charge in [-0.2, -0.15) is 10.1 Å². The molecule has 0 radical (unpaired) electrons. The summed E-state index contributed by atoms with van der Waals surface area (Å²) < 4.78 is 10.7. The molecular weight excluding hydrogens is 463 g/mol. The molecule has 4 unspecified atom stereocenters. The van der Waals surface area contributed by atoms with Crippen LogP contribution in [0, 0.1) is 27.2 Å². The Morgan fingerprint density at radius 3 is 2.52 bits per heavy atom. The number of carbonyl (C=O) groups is 3. The number of fused-ring (bicyclic) bond motifs is 5. The highest BCUT2D eigenvalue weighted by atomic mass is 127. The molecule has 0 N–H and O–H groups in total. The van der Waals surface area contributed by atoms with Crippen LogP contribution in [0.15, 0.2) is 35.5 Å². The molecule has 140 valence electrons. The van der Waals surface area contributed by atoms with Gasteiger partial charge in [-0.1, -0.05) is 12.2 Å². The summed E-state index contributed by atoms with van der Waals surface area (Å²) in [5.74, 6) is -0.484. The summed E-state index contributed by atoms with van der Waals surface area (Å²) in [4.78, 5) is 36.4. The van der Waals surface area contributed by atoms with Crippen molar-refractivity contribution in [2.24, 2.45) is 28.8 Å². The summed E-state index contributed by atoms with van der Waals surface area (Å²) in [7, 11) is 1.30. The van der Waals surface area contributed by atoms with Gasteiger partial charge in [0.2, 0.25) is 0 Å². The smallest absolute Gasteiger partial charge is 0.343 e. The van der Waals surface area contributed by atoms with Crippen LogP contribution in [0.4, 0.5) is 0 Å². The third-order valence-electron chi connectivity index (χ3n) is 5.30. The largest absolute Gasteiger partial charge is 0.481 e. The van der Waals surface area contributed by atoms with Gasteiger partial charge in [-0.05, 0) is 64.6 Å². The van der Waals surface area contributed by atoms with E-state index in [4.69, 9.17) is 4.74 Å². The van der Waals surface area contributed by atoms with Crippen molar-refractivity contribution in [2.45, 2.75) is 6.42 Å². The van der Waals surface area contributed by atoms with E-state index in [2.05, 4.69) is 44.6 Å². The van der Waals surface area contributed by atoms with Crippen molar-refractivity contribution in [1.29, 1.82) is 0 Å². The highest BCUT2D eigenvalue weighted by molar-refractivity contribution is 14.1. The summed E-state index contributed by atoms with van der Waals surface area (Å²) in [5.41, 5.74) is 0.726. The summed E-state index contributed by atoms with van der Waals surface area (Å²) in [6.45, 7) is -0.171. The lowest BCUT2D eigenvalue weighted by Gasteiger charge is -2.13. The number of nitrogens with zero attached hydrogens (tertiary/aromatic N) is 2. The first-order valence-electron chi connectivity index (χ1n) is 8.59. The minimum absolute atomic E-state index is 0.170. The molecule has 2 amide bonds. The molecule has 4 atom stereocenters. The maximum atomic E-state index is 12.6. The first-order valence-corrected chi connectivity index (χ1v) is 9.66. The molecule has 3 aliphatic rings. The van der Waals surface area contributed by atoms with Gasteiger partial charge < -0.3 is 9.47 Å². The van der Waals surface area contributed by atoms with Crippen molar-refractivity contribution in [2.75, 3.05) is 13.7 Å². The summed E-state index contributed by atoms with van der Waals surface area (Å²) in [6.07, 6.45) is 6.51. The van der Waals surface area contributed by atoms with Crippen molar-refractivity contribution in [3.05, 3.63) is 39.5 Å². The normalized spacial score (nSPS) is 28.3. The van der Waals surface area contributed by atoms with Gasteiger partial charge in [0, 0.05) is 0 Å². The molecule has 4 rings (SSSR count). The molecule has 0 aromatic heterocycles. The van der Waals surface area contributed by atoms with Crippen molar-refractivity contribution < 1.29 is 23.9 Å². The van der Waals surface area contributed by atoms with Crippen LogP contribution >= 0.6 is 22.6 Å². The number of hydrogen-bond donors (Lipinski definition) is 0. The number of hydrogen-bond acceptors (Lipinski definition) is 6. The molecule has 1 saturated heterocycles. The van der Waals surface area contributed by atoms with Crippen molar-refractivity contribution in [3.63, 3.8) is 0 Å². The van der Waals surface area contributed by atoms with Gasteiger partial charge in [0.15, 0.2) is 6.61 Å². The number of amides is 2. The molecule has 1 aromatic carbocycles. The SMILES string of the molecule is COC(=O)COc1ccc(C=NN2C(=O)C3C4C=CC(C4)C3C2=O)cc1I. The zero-order chi connectivity index (χ0) is 19.1. The minimum Gasteiger partial charge on any atom is -0.481 e. The van der Waals surface area contributed by atoms with Crippen LogP contribution in [0.3, 0.4) is 0 Å². The molecule has 1 heterocycles. The number of halogens is 1. The number of imide groups is 1. The Labute approximate surface area is 169 Å². The Hall–Kier alpha value is -2.23. The zero-order valence-electron chi connectivity index (χ0n) is 14.5. The summed E-state index contributed by atoms with van der Waals surface area (Å²) >= 11 is 2.08. The average Bonchev–Trinajstić information content (AvgIpc) is 3.33. The first-order chi connectivity index (χ1) is 13.0. The van der Waals surface area contributed by atoms with Crippen LogP contribution in [0.5, 0.6) is 5.75 Å². The van der Waals surface area contributed by atoms with Crippen LogP contribution in [-0.4, -0.2) is 42.7 Å². The van der Waals surface area contributed by atoms with E-state index >= 15 is 0 Å². The van der Waals surface area contributed by atoms with E-state index in [1.807, 2.05) is 0 Å². The fraction of sp³-hybridized carbons (Fsp3) is 0.368. The molecule has 2 bridgehead atoms. The Balaban J connectivity index is 1.46. The number of benzene rings is 1. The van der Waals surface area contributed by atoms with Crippen LogP contribution in [0.2, 0.25) is 0 Å². The quantitative estimate of drug-likeness (QED) is 0.212. The molecule has 1 saturated carbocycles. The van der Waals surface area contributed by atoms with Crippen LogP contribution in [0.1, 0.15) is 12.0 Å². The van der Waals surface area contributed by atoms with E-state index in [1.54, 1.807) is 18.2 Å². The van der Waals surface area contributed by atoms with E-state index in [0.29, 0.717) is 5.75 Å². The van der Waals surface area contributed by atoms with Gasteiger partial charge in [0.05, 0.1) is 28.7 Å². The van der Waals surface area contributed by atoms with Gasteiger partial charge in [0.1, 0.15) is 5.75 Å². The molecule has 8 heteroatoms. The second-order valence-electron chi connectivity index (χ2n) is 6.79. The molecule has 1 aliphatic heterocycles. The van der Waals surface area contributed by atoms with Gasteiger partial charge in [0.25, 0.3) is 11.8 Å². The lowest BCUT2D eigenvalue weighted by atomic mass is 9.85. The lowest BCUT2D eigenvalue weighted by Crippen LogP contribution is -2.28. The monoisotopic (exact) mass is 480 g/mol. The molecular formula is C19H17IN2O5. The number of ether oxygens (including phenoxy) is 2. The van der Waals surface area contributed by atoms with Crippen molar-refractivity contribution in [1.82, 2.24) is 5.01 Å². The number of rotatable bonds is 5. The summed E-state index contributed by atoms with van der Waals surface area (Å²) in [6, 6.07) is 5.25. The minimum atomic E-state index is -0.462.